The lowest BCUT2D eigenvalue weighted by Crippen LogP contribution is -2.40. The van der Waals surface area contributed by atoms with Crippen LogP contribution in [0.3, 0.4) is 0 Å². The first-order chi connectivity index (χ1) is 15.4. The molecule has 0 atom stereocenters. The number of likely N-dealkylation sites (tertiary alicyclic amines) is 1. The van der Waals surface area contributed by atoms with Crippen molar-refractivity contribution in [2.24, 2.45) is 0 Å². The molecule has 7 nitrogen and oxygen atoms in total. The highest BCUT2D eigenvalue weighted by molar-refractivity contribution is 7.13. The molecule has 1 saturated heterocycles. The Morgan fingerprint density at radius 2 is 1.62 bits per heavy atom. The molecule has 0 aliphatic carbocycles. The van der Waals surface area contributed by atoms with Crippen molar-refractivity contribution in [1.29, 1.82) is 0 Å². The fourth-order valence-corrected chi connectivity index (χ4v) is 4.70. The Hall–Kier alpha value is -3.26. The Morgan fingerprint density at radius 1 is 0.938 bits per heavy atom. The third-order valence-corrected chi connectivity index (χ3v) is 6.78. The van der Waals surface area contributed by atoms with Crippen molar-refractivity contribution in [3.8, 4) is 0 Å². The average molecular weight is 450 g/mol. The van der Waals surface area contributed by atoms with Gasteiger partial charge in [0.05, 0.1) is 0 Å². The highest BCUT2D eigenvalue weighted by Crippen LogP contribution is 2.31. The number of aromatic nitrogens is 2. The monoisotopic (exact) mass is 449 g/mol. The molecule has 0 bridgehead atoms. The van der Waals surface area contributed by atoms with E-state index in [0.717, 1.165) is 40.4 Å². The van der Waals surface area contributed by atoms with Crippen molar-refractivity contribution in [1.82, 2.24) is 15.1 Å². The molecule has 2 N–H and O–H groups in total. The van der Waals surface area contributed by atoms with Crippen LogP contribution < -0.4 is 10.6 Å². The second kappa shape index (κ2) is 9.48. The molecule has 4 rings (SSSR count). The first kappa shape index (κ1) is 22.0. The zero-order valence-electron chi connectivity index (χ0n) is 18.5. The summed E-state index contributed by atoms with van der Waals surface area (Å²) in [6.45, 7) is 7.32. The van der Waals surface area contributed by atoms with Crippen LogP contribution >= 0.6 is 11.3 Å². The van der Waals surface area contributed by atoms with Gasteiger partial charge >= 0.3 is 6.03 Å². The lowest BCUT2D eigenvalue weighted by atomic mass is 9.98. The SMILES string of the molecule is Cc1ccc(NC(=O)c2nnc(C3CCN(C(=O)Nc4ccc(C)cc4C)CC3)s2)cc1. The number of nitrogens with zero attached hydrogens (tertiary/aromatic N) is 3. The number of amides is 3. The number of anilines is 2. The minimum Gasteiger partial charge on any atom is -0.324 e. The Morgan fingerprint density at radius 3 is 2.31 bits per heavy atom. The molecule has 1 fully saturated rings. The van der Waals surface area contributed by atoms with Gasteiger partial charge in [0.1, 0.15) is 5.01 Å². The number of nitrogens with one attached hydrogen (secondary N) is 2. The molecule has 1 aromatic heterocycles. The Labute approximate surface area is 191 Å². The first-order valence-electron chi connectivity index (χ1n) is 10.7. The second-order valence-corrected chi connectivity index (χ2v) is 9.28. The summed E-state index contributed by atoms with van der Waals surface area (Å²) in [7, 11) is 0. The maximum absolute atomic E-state index is 12.7. The van der Waals surface area contributed by atoms with Gasteiger partial charge in [-0.2, -0.15) is 0 Å². The van der Waals surface area contributed by atoms with Crippen molar-refractivity contribution in [3.63, 3.8) is 0 Å². The summed E-state index contributed by atoms with van der Waals surface area (Å²) < 4.78 is 0. The van der Waals surface area contributed by atoms with Gasteiger partial charge in [0.25, 0.3) is 5.91 Å². The van der Waals surface area contributed by atoms with Crippen molar-refractivity contribution in [3.05, 3.63) is 69.2 Å². The van der Waals surface area contributed by atoms with Gasteiger partial charge < -0.3 is 15.5 Å². The van der Waals surface area contributed by atoms with Gasteiger partial charge in [0, 0.05) is 30.4 Å². The number of rotatable bonds is 4. The van der Waals surface area contributed by atoms with E-state index in [1.54, 1.807) is 0 Å². The predicted octanol–water partition coefficient (Wildman–Crippen LogP) is 5.13. The normalized spacial score (nSPS) is 14.3. The Kier molecular flexibility index (Phi) is 6.50. The molecule has 1 aliphatic rings. The van der Waals surface area contributed by atoms with E-state index in [4.69, 9.17) is 0 Å². The molecule has 3 aromatic rings. The molecule has 0 spiro atoms. The quantitative estimate of drug-likeness (QED) is 0.578. The van der Waals surface area contributed by atoms with E-state index in [9.17, 15) is 9.59 Å². The molecular formula is C24H27N5O2S. The summed E-state index contributed by atoms with van der Waals surface area (Å²) in [4.78, 5) is 27.0. The fourth-order valence-electron chi connectivity index (χ4n) is 3.79. The molecule has 0 radical (unpaired) electrons. The zero-order chi connectivity index (χ0) is 22.7. The standard InChI is InChI=1S/C24H27N5O2S/c1-15-4-7-19(8-5-15)25-21(30)23-28-27-22(32-23)18-10-12-29(13-11-18)24(31)26-20-9-6-16(2)14-17(20)3/h4-9,14,18H,10-13H2,1-3H3,(H,25,30)(H,26,31). The number of aryl methyl sites for hydroxylation is 3. The minimum atomic E-state index is -0.247. The molecule has 2 heterocycles. The third-order valence-electron chi connectivity index (χ3n) is 5.70. The third kappa shape index (κ3) is 5.13. The summed E-state index contributed by atoms with van der Waals surface area (Å²) in [5, 5.41) is 15.4. The van der Waals surface area contributed by atoms with Crippen LogP contribution in [0.1, 0.15) is 50.3 Å². The van der Waals surface area contributed by atoms with Crippen LogP contribution in [0.4, 0.5) is 16.2 Å². The smallest absolute Gasteiger partial charge is 0.321 e. The molecule has 2 aromatic carbocycles. The molecular weight excluding hydrogens is 422 g/mol. The molecule has 166 valence electrons. The average Bonchev–Trinajstić information content (AvgIpc) is 3.28. The number of carbonyl (C=O) groups excluding carboxylic acids is 2. The van der Waals surface area contributed by atoms with E-state index in [-0.39, 0.29) is 17.9 Å². The second-order valence-electron chi connectivity index (χ2n) is 8.28. The zero-order valence-corrected chi connectivity index (χ0v) is 19.3. The van der Waals surface area contributed by atoms with Crippen LogP contribution in [0.25, 0.3) is 0 Å². The van der Waals surface area contributed by atoms with Crippen LogP contribution in [0.5, 0.6) is 0 Å². The first-order valence-corrected chi connectivity index (χ1v) is 11.6. The van der Waals surface area contributed by atoms with Crippen LogP contribution in [0, 0.1) is 20.8 Å². The maximum Gasteiger partial charge on any atom is 0.321 e. The van der Waals surface area contributed by atoms with Gasteiger partial charge in [-0.25, -0.2) is 4.79 Å². The van der Waals surface area contributed by atoms with Gasteiger partial charge in [-0.05, 0) is 57.4 Å². The maximum atomic E-state index is 12.7. The van der Waals surface area contributed by atoms with E-state index >= 15 is 0 Å². The van der Waals surface area contributed by atoms with E-state index in [0.29, 0.717) is 18.1 Å². The predicted molar refractivity (Wildman–Crippen MR) is 128 cm³/mol. The van der Waals surface area contributed by atoms with Gasteiger partial charge in [-0.1, -0.05) is 46.7 Å². The number of piperidine rings is 1. The Balaban J connectivity index is 1.31. The van der Waals surface area contributed by atoms with E-state index in [1.165, 1.54) is 16.9 Å². The van der Waals surface area contributed by atoms with Gasteiger partial charge in [-0.15, -0.1) is 10.2 Å². The molecule has 0 saturated carbocycles. The molecule has 32 heavy (non-hydrogen) atoms. The van der Waals surface area contributed by atoms with Crippen LogP contribution in [0.2, 0.25) is 0 Å². The van der Waals surface area contributed by atoms with Crippen molar-refractivity contribution >= 4 is 34.6 Å². The summed E-state index contributed by atoms with van der Waals surface area (Å²) >= 11 is 1.33. The van der Waals surface area contributed by atoms with E-state index in [1.807, 2.05) is 62.1 Å². The largest absolute Gasteiger partial charge is 0.324 e. The van der Waals surface area contributed by atoms with Gasteiger partial charge in [0.15, 0.2) is 0 Å². The van der Waals surface area contributed by atoms with Crippen molar-refractivity contribution in [2.75, 3.05) is 23.7 Å². The summed E-state index contributed by atoms with van der Waals surface area (Å²) in [6, 6.07) is 13.6. The summed E-state index contributed by atoms with van der Waals surface area (Å²) in [5.41, 5.74) is 4.94. The van der Waals surface area contributed by atoms with Gasteiger partial charge in [0.2, 0.25) is 5.01 Å². The van der Waals surface area contributed by atoms with Crippen LogP contribution in [-0.2, 0) is 0 Å². The molecule has 8 heteroatoms. The fraction of sp³-hybridized carbons (Fsp3) is 0.333. The molecule has 3 amide bonds. The number of hydrogen-bond donors (Lipinski definition) is 2. The minimum absolute atomic E-state index is 0.0779. The number of benzene rings is 2. The number of urea groups is 1. The van der Waals surface area contributed by atoms with Crippen LogP contribution in [0.15, 0.2) is 42.5 Å². The summed E-state index contributed by atoms with van der Waals surface area (Å²) in [5.74, 6) is -0.0403. The highest BCUT2D eigenvalue weighted by atomic mass is 32.1. The lowest BCUT2D eigenvalue weighted by Gasteiger charge is -2.31. The number of carbonyl (C=O) groups is 2. The van der Waals surface area contributed by atoms with E-state index in [2.05, 4.69) is 26.9 Å². The topological polar surface area (TPSA) is 87.2 Å². The highest BCUT2D eigenvalue weighted by Gasteiger charge is 2.27. The summed E-state index contributed by atoms with van der Waals surface area (Å²) in [6.07, 6.45) is 1.60. The lowest BCUT2D eigenvalue weighted by molar-refractivity contribution is 0.102. The van der Waals surface area contributed by atoms with Crippen molar-refractivity contribution in [2.45, 2.75) is 39.5 Å². The molecule has 0 unspecified atom stereocenters. The van der Waals surface area contributed by atoms with Crippen molar-refractivity contribution < 1.29 is 9.59 Å². The van der Waals surface area contributed by atoms with E-state index < -0.39 is 0 Å². The molecule has 1 aliphatic heterocycles. The number of hydrogen-bond acceptors (Lipinski definition) is 5. The van der Waals surface area contributed by atoms with Crippen LogP contribution in [-0.4, -0.2) is 40.1 Å². The Bertz CT molecular complexity index is 1120. The van der Waals surface area contributed by atoms with Gasteiger partial charge in [-0.3, -0.25) is 4.79 Å².